The minimum atomic E-state index is -1.82. The van der Waals surface area contributed by atoms with Gasteiger partial charge in [0.15, 0.2) is 0 Å². The molecule has 4 N–H and O–H groups in total. The first-order chi connectivity index (χ1) is 17.6. The van der Waals surface area contributed by atoms with E-state index in [9.17, 15) is 9.59 Å². The molecule has 0 bridgehead atoms. The van der Waals surface area contributed by atoms with E-state index in [0.29, 0.717) is 29.7 Å². The first kappa shape index (κ1) is 29.4. The minimum Gasteiger partial charge on any atom is -0.495 e. The number of methoxy groups -OCH3 is 1. The van der Waals surface area contributed by atoms with E-state index in [-0.39, 0.29) is 24.9 Å². The van der Waals surface area contributed by atoms with Crippen LogP contribution in [0.15, 0.2) is 42.5 Å². The van der Waals surface area contributed by atoms with Gasteiger partial charge in [0.25, 0.3) is 0 Å². The van der Waals surface area contributed by atoms with Gasteiger partial charge in [-0.1, -0.05) is 23.7 Å². The zero-order valence-electron chi connectivity index (χ0n) is 20.4. The van der Waals surface area contributed by atoms with Crippen LogP contribution >= 0.6 is 11.6 Å². The molecule has 0 aromatic heterocycles. The number of carboxylic acid groups (broad SMARTS) is 2. The highest BCUT2D eigenvalue weighted by Gasteiger charge is 2.17. The highest BCUT2D eigenvalue weighted by molar-refractivity contribution is 6.31. The quantitative estimate of drug-likeness (QED) is 0.367. The van der Waals surface area contributed by atoms with Crippen LogP contribution in [-0.4, -0.2) is 92.4 Å². The van der Waals surface area contributed by atoms with Crippen LogP contribution in [-0.2, 0) is 23.9 Å². The maximum Gasteiger partial charge on any atom is 0.414 e. The Labute approximate surface area is 218 Å². The first-order valence-electron chi connectivity index (χ1n) is 11.1. The lowest BCUT2D eigenvalue weighted by atomic mass is 10.2. The molecule has 0 saturated carbocycles. The van der Waals surface area contributed by atoms with Crippen molar-refractivity contribution in [3.8, 4) is 5.75 Å². The summed E-state index contributed by atoms with van der Waals surface area (Å²) >= 11 is 6.00. The molecule has 1 saturated heterocycles. The summed E-state index contributed by atoms with van der Waals surface area (Å²) in [5.74, 6) is -3.61. The number of para-hydroxylation sites is 2. The van der Waals surface area contributed by atoms with E-state index in [4.69, 9.17) is 40.9 Å². The van der Waals surface area contributed by atoms with Crippen molar-refractivity contribution < 1.29 is 38.9 Å². The van der Waals surface area contributed by atoms with E-state index >= 15 is 0 Å². The van der Waals surface area contributed by atoms with Gasteiger partial charge in [-0.05, 0) is 37.4 Å². The molecule has 3 rings (SSSR count). The Kier molecular flexibility index (Phi) is 11.6. The number of carboxylic acids is 2. The number of morpholine rings is 1. The van der Waals surface area contributed by atoms with Crippen LogP contribution in [0.1, 0.15) is 0 Å². The maximum atomic E-state index is 12.6. The van der Waals surface area contributed by atoms with Crippen molar-refractivity contribution in [3.63, 3.8) is 0 Å². The molecule has 0 unspecified atom stereocenters. The average molecular weight is 537 g/mol. The number of benzene rings is 2. The summed E-state index contributed by atoms with van der Waals surface area (Å²) in [5, 5.41) is 21.0. The predicted molar refractivity (Wildman–Crippen MR) is 138 cm³/mol. The van der Waals surface area contributed by atoms with E-state index in [2.05, 4.69) is 15.5 Å². The molecular formula is C24H29ClN4O8. The van der Waals surface area contributed by atoms with Crippen molar-refractivity contribution in [1.82, 2.24) is 4.90 Å². The van der Waals surface area contributed by atoms with Gasteiger partial charge in [-0.3, -0.25) is 14.5 Å². The minimum absolute atomic E-state index is 0.0359. The Hall–Kier alpha value is -3.87. The van der Waals surface area contributed by atoms with Gasteiger partial charge in [0.2, 0.25) is 11.8 Å². The van der Waals surface area contributed by atoms with Gasteiger partial charge in [-0.25, -0.2) is 9.59 Å². The first-order valence-corrected chi connectivity index (χ1v) is 11.5. The molecule has 2 aromatic carbocycles. The summed E-state index contributed by atoms with van der Waals surface area (Å²) in [7, 11) is 3.23. The van der Waals surface area contributed by atoms with Gasteiger partial charge in [0.1, 0.15) is 5.75 Å². The Balaban J connectivity index is 0.000000717. The van der Waals surface area contributed by atoms with Gasteiger partial charge >= 0.3 is 11.9 Å². The number of carbonyl (C=O) groups is 4. The largest absolute Gasteiger partial charge is 0.495 e. The molecule has 1 heterocycles. The van der Waals surface area contributed by atoms with Gasteiger partial charge in [0, 0.05) is 18.1 Å². The molecule has 1 fully saturated rings. The van der Waals surface area contributed by atoms with Gasteiger partial charge in [-0.15, -0.1) is 0 Å². The Morgan fingerprint density at radius 1 is 0.973 bits per heavy atom. The molecule has 0 spiro atoms. The Morgan fingerprint density at radius 3 is 2.11 bits per heavy atom. The van der Waals surface area contributed by atoms with Crippen molar-refractivity contribution in [1.29, 1.82) is 0 Å². The van der Waals surface area contributed by atoms with Crippen molar-refractivity contribution in [2.75, 3.05) is 69.1 Å². The van der Waals surface area contributed by atoms with Crippen LogP contribution < -0.4 is 20.3 Å². The van der Waals surface area contributed by atoms with Gasteiger partial charge in [0.05, 0.1) is 50.5 Å². The molecule has 1 aliphatic rings. The van der Waals surface area contributed by atoms with E-state index in [1.165, 1.54) is 7.11 Å². The van der Waals surface area contributed by atoms with E-state index < -0.39 is 11.9 Å². The predicted octanol–water partition coefficient (Wildman–Crippen LogP) is 1.85. The van der Waals surface area contributed by atoms with Crippen LogP contribution in [0.25, 0.3) is 0 Å². The SMILES string of the molecule is COc1ccc(Cl)cc1NC(=O)CN(C)CC(=O)Nc1ccccc1N1CCOCC1.O=C(O)C(=O)O. The third-order valence-electron chi connectivity index (χ3n) is 4.98. The second-order valence-electron chi connectivity index (χ2n) is 7.84. The molecule has 12 nitrogen and oxygen atoms in total. The third kappa shape index (κ3) is 9.95. The Bertz CT molecular complexity index is 1100. The summed E-state index contributed by atoms with van der Waals surface area (Å²) in [6, 6.07) is 12.7. The van der Waals surface area contributed by atoms with Crippen LogP contribution in [0.2, 0.25) is 5.02 Å². The van der Waals surface area contributed by atoms with Crippen LogP contribution in [0.3, 0.4) is 0 Å². The normalized spacial score (nSPS) is 12.7. The average Bonchev–Trinajstić information content (AvgIpc) is 2.85. The molecule has 37 heavy (non-hydrogen) atoms. The monoisotopic (exact) mass is 536 g/mol. The molecule has 2 aromatic rings. The van der Waals surface area contributed by atoms with Crippen LogP contribution in [0, 0.1) is 0 Å². The highest BCUT2D eigenvalue weighted by atomic mass is 35.5. The number of nitrogens with one attached hydrogen (secondary N) is 2. The summed E-state index contributed by atoms with van der Waals surface area (Å²) in [6.45, 7) is 2.99. The Morgan fingerprint density at radius 2 is 1.54 bits per heavy atom. The number of ether oxygens (including phenoxy) is 2. The molecule has 0 radical (unpaired) electrons. The number of aliphatic carboxylic acids is 2. The van der Waals surface area contributed by atoms with Crippen molar-refractivity contribution >= 4 is 52.4 Å². The highest BCUT2D eigenvalue weighted by Crippen LogP contribution is 2.28. The summed E-state index contributed by atoms with van der Waals surface area (Å²) < 4.78 is 10.6. The van der Waals surface area contributed by atoms with Crippen molar-refractivity contribution in [2.24, 2.45) is 0 Å². The number of carbonyl (C=O) groups excluding carboxylic acids is 2. The molecule has 200 valence electrons. The number of likely N-dealkylation sites (N-methyl/N-ethyl adjacent to an activating group) is 1. The molecule has 0 aliphatic carbocycles. The number of rotatable bonds is 8. The summed E-state index contributed by atoms with van der Waals surface area (Å²) in [5.41, 5.74) is 2.20. The second kappa shape index (κ2) is 14.6. The standard InChI is InChI=1S/C22H27ClN4O4.C2H2O4/c1-26(15-22(29)25-18-13-16(23)7-8-20(18)30-2)14-21(28)24-17-5-3-4-6-19(17)27-9-11-31-12-10-27;3-1(4)2(5)6/h3-8,13H,9-12,14-15H2,1-2H3,(H,24,28)(H,25,29);(H,3,4)(H,5,6). The van der Waals surface area contributed by atoms with Crippen LogP contribution in [0.5, 0.6) is 5.75 Å². The lowest BCUT2D eigenvalue weighted by Crippen LogP contribution is -2.38. The third-order valence-corrected chi connectivity index (χ3v) is 5.21. The molecule has 2 amide bonds. The van der Waals surface area contributed by atoms with Gasteiger partial charge in [-0.2, -0.15) is 0 Å². The van der Waals surface area contributed by atoms with E-state index in [0.717, 1.165) is 24.5 Å². The molecule has 1 aliphatic heterocycles. The lowest BCUT2D eigenvalue weighted by molar-refractivity contribution is -0.159. The maximum absolute atomic E-state index is 12.6. The number of anilines is 3. The van der Waals surface area contributed by atoms with Gasteiger partial charge < -0.3 is 35.2 Å². The van der Waals surface area contributed by atoms with E-state index in [1.54, 1.807) is 30.1 Å². The lowest BCUT2D eigenvalue weighted by Gasteiger charge is -2.30. The summed E-state index contributed by atoms with van der Waals surface area (Å²) in [4.78, 5) is 47.0. The number of halogens is 1. The molecular weight excluding hydrogens is 508 g/mol. The fraction of sp³-hybridized carbons (Fsp3) is 0.333. The molecule has 13 heteroatoms. The van der Waals surface area contributed by atoms with Crippen molar-refractivity contribution in [3.05, 3.63) is 47.5 Å². The number of nitrogens with zero attached hydrogens (tertiary/aromatic N) is 2. The smallest absolute Gasteiger partial charge is 0.414 e. The second-order valence-corrected chi connectivity index (χ2v) is 8.28. The summed E-state index contributed by atoms with van der Waals surface area (Å²) in [6.07, 6.45) is 0. The number of hydrogen-bond donors (Lipinski definition) is 4. The molecule has 0 atom stereocenters. The number of amides is 2. The van der Waals surface area contributed by atoms with E-state index in [1.807, 2.05) is 24.3 Å². The van der Waals surface area contributed by atoms with Crippen molar-refractivity contribution in [2.45, 2.75) is 0 Å². The number of hydrogen-bond acceptors (Lipinski definition) is 8. The fourth-order valence-corrected chi connectivity index (χ4v) is 3.54. The fourth-order valence-electron chi connectivity index (χ4n) is 3.36. The zero-order valence-corrected chi connectivity index (χ0v) is 21.2. The van der Waals surface area contributed by atoms with Crippen LogP contribution in [0.4, 0.5) is 17.1 Å². The zero-order chi connectivity index (χ0) is 27.4. The topological polar surface area (TPSA) is 158 Å².